The van der Waals surface area contributed by atoms with E-state index >= 15 is 0 Å². The van der Waals surface area contributed by atoms with Crippen molar-refractivity contribution in [3.05, 3.63) is 0 Å². The summed E-state index contributed by atoms with van der Waals surface area (Å²) >= 11 is 0. The third-order valence-corrected chi connectivity index (χ3v) is 6.80. The van der Waals surface area contributed by atoms with Gasteiger partial charge in [-0.3, -0.25) is 9.35 Å². The molecule has 0 saturated heterocycles. The number of esters is 1. The molecule has 0 aromatic heterocycles. The van der Waals surface area contributed by atoms with E-state index in [-0.39, 0.29) is 30.0 Å². The maximum Gasteiger partial charge on any atom is 0.465 e. The Morgan fingerprint density at radius 3 is 2.64 bits per heavy atom. The third kappa shape index (κ3) is 1.53. The number of carbonyl (C=O) groups excluding carboxylic acids is 2. The first-order valence-corrected chi connectivity index (χ1v) is 8.63. The lowest BCUT2D eigenvalue weighted by molar-refractivity contribution is -0.171. The summed E-state index contributed by atoms with van der Waals surface area (Å²) in [5.41, 5.74) is -0.520. The van der Waals surface area contributed by atoms with Crippen molar-refractivity contribution in [2.75, 3.05) is 0 Å². The number of rotatable bonds is 3. The molecule has 9 heteroatoms. The summed E-state index contributed by atoms with van der Waals surface area (Å²) in [7, 11) is -5.87. The minimum atomic E-state index is -5.87. The van der Waals surface area contributed by atoms with Crippen molar-refractivity contribution in [2.24, 2.45) is 29.1 Å². The standard InChI is InChI=1S/C13H14F2O6S/c14-13(15,22(18,19)20)11(17)21-6-1-5-2-7-9-8(3-5)12(9,4-6)10(7)16/h5-9H,1-4H2,(H,18,19,20). The van der Waals surface area contributed by atoms with Crippen LogP contribution in [0.4, 0.5) is 8.78 Å². The number of ether oxygens (including phenoxy) is 1. The highest BCUT2D eigenvalue weighted by Gasteiger charge is 2.83. The van der Waals surface area contributed by atoms with E-state index in [4.69, 9.17) is 4.55 Å². The molecule has 122 valence electrons. The fourth-order valence-corrected chi connectivity index (χ4v) is 5.46. The first-order chi connectivity index (χ1) is 10.1. The topological polar surface area (TPSA) is 97.7 Å². The molecule has 4 fully saturated rings. The van der Waals surface area contributed by atoms with Gasteiger partial charge in [0.1, 0.15) is 11.9 Å². The molecular formula is C13H14F2O6S. The Labute approximate surface area is 124 Å². The SMILES string of the molecule is O=C1C2CC3CC(OC(=O)C(F)(F)S(=O)(=O)O)CC14C(C3)C24. The molecular weight excluding hydrogens is 322 g/mol. The molecule has 0 aromatic rings. The van der Waals surface area contributed by atoms with Crippen molar-refractivity contribution in [2.45, 2.75) is 37.0 Å². The Morgan fingerprint density at radius 2 is 2.00 bits per heavy atom. The van der Waals surface area contributed by atoms with Gasteiger partial charge < -0.3 is 4.74 Å². The van der Waals surface area contributed by atoms with Crippen LogP contribution in [0.1, 0.15) is 25.7 Å². The van der Waals surface area contributed by atoms with Crippen molar-refractivity contribution in [3.63, 3.8) is 0 Å². The van der Waals surface area contributed by atoms with E-state index in [0.29, 0.717) is 18.8 Å². The molecule has 0 heterocycles. The number of hydrogen-bond donors (Lipinski definition) is 1. The van der Waals surface area contributed by atoms with Gasteiger partial charge in [-0.15, -0.1) is 0 Å². The summed E-state index contributed by atoms with van der Waals surface area (Å²) in [6, 6.07) is 0. The Morgan fingerprint density at radius 1 is 1.32 bits per heavy atom. The van der Waals surface area contributed by atoms with Crippen molar-refractivity contribution in [3.8, 4) is 0 Å². The molecule has 2 bridgehead atoms. The number of Topliss-reactive ketones (excluding diaryl/α,β-unsaturated/α-hetero) is 1. The normalized spacial score (nSPS) is 45.6. The van der Waals surface area contributed by atoms with Crippen LogP contribution < -0.4 is 0 Å². The Bertz CT molecular complexity index is 689. The van der Waals surface area contributed by atoms with Crippen LogP contribution in [0.5, 0.6) is 0 Å². The number of fused-ring (bicyclic) bond motifs is 1. The van der Waals surface area contributed by atoms with Crippen LogP contribution in [0.25, 0.3) is 0 Å². The molecule has 1 N–H and O–H groups in total. The average molecular weight is 336 g/mol. The number of carbonyl (C=O) groups is 2. The Balaban J connectivity index is 1.53. The lowest BCUT2D eigenvalue weighted by atomic mass is 9.64. The number of alkyl halides is 2. The molecule has 6 atom stereocenters. The molecule has 4 aliphatic rings. The molecule has 22 heavy (non-hydrogen) atoms. The van der Waals surface area contributed by atoms with Crippen LogP contribution >= 0.6 is 0 Å². The molecule has 1 spiro atoms. The summed E-state index contributed by atoms with van der Waals surface area (Å²) < 4.78 is 60.8. The zero-order valence-corrected chi connectivity index (χ0v) is 12.2. The number of hydrogen-bond acceptors (Lipinski definition) is 5. The van der Waals surface area contributed by atoms with Crippen LogP contribution in [-0.4, -0.2) is 36.1 Å². The monoisotopic (exact) mass is 336 g/mol. The first-order valence-electron chi connectivity index (χ1n) is 7.19. The van der Waals surface area contributed by atoms with Crippen LogP contribution in [-0.2, 0) is 24.4 Å². The molecule has 4 saturated carbocycles. The van der Waals surface area contributed by atoms with E-state index in [1.54, 1.807) is 0 Å². The van der Waals surface area contributed by atoms with Gasteiger partial charge in [-0.2, -0.15) is 17.2 Å². The van der Waals surface area contributed by atoms with E-state index in [1.807, 2.05) is 0 Å². The highest BCUT2D eigenvalue weighted by atomic mass is 32.2. The smallest absolute Gasteiger partial charge is 0.457 e. The lowest BCUT2D eigenvalue weighted by Crippen LogP contribution is -2.47. The van der Waals surface area contributed by atoms with Crippen molar-refractivity contribution in [1.29, 1.82) is 0 Å². The predicted octanol–water partition coefficient (Wildman–Crippen LogP) is 1.01. The molecule has 0 amide bonds. The molecule has 0 aliphatic heterocycles. The van der Waals surface area contributed by atoms with E-state index in [2.05, 4.69) is 4.74 Å². The van der Waals surface area contributed by atoms with Crippen LogP contribution in [0.2, 0.25) is 0 Å². The highest BCUT2D eigenvalue weighted by molar-refractivity contribution is 7.87. The van der Waals surface area contributed by atoms with Gasteiger partial charge in [-0.25, -0.2) is 4.79 Å². The van der Waals surface area contributed by atoms with Gasteiger partial charge in [0.05, 0.1) is 0 Å². The van der Waals surface area contributed by atoms with Crippen LogP contribution in [0.15, 0.2) is 0 Å². The first kappa shape index (κ1) is 14.5. The minimum Gasteiger partial charge on any atom is -0.457 e. The lowest BCUT2D eigenvalue weighted by Gasteiger charge is -2.40. The van der Waals surface area contributed by atoms with E-state index in [1.165, 1.54) is 0 Å². The minimum absolute atomic E-state index is 0.0830. The largest absolute Gasteiger partial charge is 0.465 e. The fraction of sp³-hybridized carbons (Fsp3) is 0.846. The van der Waals surface area contributed by atoms with Gasteiger partial charge in [-0.05, 0) is 43.4 Å². The van der Waals surface area contributed by atoms with Gasteiger partial charge in [0.2, 0.25) is 0 Å². The summed E-state index contributed by atoms with van der Waals surface area (Å²) in [5.74, 6) is -1.34. The van der Waals surface area contributed by atoms with E-state index in [9.17, 15) is 26.8 Å². The molecule has 0 aromatic carbocycles. The van der Waals surface area contributed by atoms with Gasteiger partial charge in [0.15, 0.2) is 0 Å². The highest BCUT2D eigenvalue weighted by Crippen LogP contribution is 2.81. The summed E-state index contributed by atoms with van der Waals surface area (Å²) in [4.78, 5) is 23.6. The van der Waals surface area contributed by atoms with E-state index < -0.39 is 32.9 Å². The third-order valence-electron chi connectivity index (χ3n) is 5.98. The average Bonchev–Trinajstić information content (AvgIpc) is 3.02. The maximum atomic E-state index is 13.3. The molecule has 6 unspecified atom stereocenters. The van der Waals surface area contributed by atoms with Crippen molar-refractivity contribution >= 4 is 21.9 Å². The Hall–Kier alpha value is -1.09. The second kappa shape index (κ2) is 3.87. The van der Waals surface area contributed by atoms with Gasteiger partial charge in [-0.1, -0.05) is 0 Å². The van der Waals surface area contributed by atoms with Gasteiger partial charge >= 0.3 is 21.3 Å². The van der Waals surface area contributed by atoms with Gasteiger partial charge in [0, 0.05) is 11.3 Å². The molecule has 4 aliphatic carbocycles. The summed E-state index contributed by atoms with van der Waals surface area (Å²) in [5, 5.41) is -4.98. The Kier molecular flexibility index (Phi) is 2.55. The summed E-state index contributed by atoms with van der Waals surface area (Å²) in [6.45, 7) is 0. The number of halogens is 2. The second-order valence-electron chi connectivity index (χ2n) is 6.94. The zero-order valence-electron chi connectivity index (χ0n) is 11.4. The van der Waals surface area contributed by atoms with Gasteiger partial charge in [0.25, 0.3) is 0 Å². The predicted molar refractivity (Wildman–Crippen MR) is 66.2 cm³/mol. The quantitative estimate of drug-likeness (QED) is 0.610. The van der Waals surface area contributed by atoms with Crippen molar-refractivity contribution in [1.82, 2.24) is 0 Å². The fourth-order valence-electron chi connectivity index (χ4n) is 5.20. The number of ketones is 1. The summed E-state index contributed by atoms with van der Waals surface area (Å²) in [6.07, 6.45) is 1.20. The molecule has 4 rings (SSSR count). The van der Waals surface area contributed by atoms with Crippen molar-refractivity contribution < 1.29 is 36.1 Å². The maximum absolute atomic E-state index is 13.3. The molecule has 6 nitrogen and oxygen atoms in total. The van der Waals surface area contributed by atoms with Crippen LogP contribution in [0.3, 0.4) is 0 Å². The zero-order chi connectivity index (χ0) is 16.1. The molecule has 0 radical (unpaired) electrons. The van der Waals surface area contributed by atoms with E-state index in [0.717, 1.165) is 6.42 Å². The second-order valence-corrected chi connectivity index (χ2v) is 8.40. The van der Waals surface area contributed by atoms with Crippen LogP contribution in [0, 0.1) is 29.1 Å².